The smallest absolute Gasteiger partial charge is 0.329 e. The largest absolute Gasteiger partial charge is 0.481 e. The minimum absolute atomic E-state index is 0.158. The molecule has 0 radical (unpaired) electrons. The predicted molar refractivity (Wildman–Crippen MR) is 147 cm³/mol. The lowest BCUT2D eigenvalue weighted by Gasteiger charge is -2.61. The number of carboxylic acid groups (broad SMARTS) is 1. The van der Waals surface area contributed by atoms with Crippen molar-refractivity contribution in [1.29, 1.82) is 0 Å². The van der Waals surface area contributed by atoms with E-state index in [9.17, 15) is 19.2 Å². The van der Waals surface area contributed by atoms with Crippen LogP contribution in [0.1, 0.15) is 105 Å². The second kappa shape index (κ2) is 11.5. The van der Waals surface area contributed by atoms with Gasteiger partial charge in [-0.15, -0.1) is 0 Å². The van der Waals surface area contributed by atoms with Crippen LogP contribution in [-0.4, -0.2) is 46.9 Å². The fourth-order valence-electron chi connectivity index (χ4n) is 9.44. The second-order valence-electron chi connectivity index (χ2n) is 13.9. The van der Waals surface area contributed by atoms with E-state index in [0.29, 0.717) is 35.9 Å². The van der Waals surface area contributed by atoms with Gasteiger partial charge in [-0.1, -0.05) is 34.1 Å². The van der Waals surface area contributed by atoms with Crippen molar-refractivity contribution in [2.24, 2.45) is 52.1 Å². The summed E-state index contributed by atoms with van der Waals surface area (Å²) >= 11 is 0. The third-order valence-corrected chi connectivity index (χ3v) is 11.9. The maximum atomic E-state index is 13.3. The predicted octanol–water partition coefficient (Wildman–Crippen LogP) is 4.48. The molecule has 39 heavy (non-hydrogen) atoms. The second-order valence-corrected chi connectivity index (χ2v) is 13.9. The van der Waals surface area contributed by atoms with Crippen molar-refractivity contribution in [2.45, 2.75) is 123 Å². The number of hydrogen-bond donors (Lipinski definition) is 3. The minimum atomic E-state index is -1.21. The van der Waals surface area contributed by atoms with E-state index in [1.165, 1.54) is 19.3 Å². The molecule has 0 aromatic heterocycles. The van der Waals surface area contributed by atoms with Gasteiger partial charge in [-0.05, 0) is 105 Å². The molecular weight excluding hydrogens is 496 g/mol. The lowest BCUT2D eigenvalue weighted by atomic mass is 9.44. The maximum Gasteiger partial charge on any atom is 0.329 e. The Hall–Kier alpha value is -1.96. The van der Waals surface area contributed by atoms with Gasteiger partial charge in [-0.25, -0.2) is 4.79 Å². The summed E-state index contributed by atoms with van der Waals surface area (Å²) in [5, 5.41) is 11.6. The van der Waals surface area contributed by atoms with Gasteiger partial charge < -0.3 is 20.9 Å². The van der Waals surface area contributed by atoms with Crippen LogP contribution in [0.4, 0.5) is 0 Å². The van der Waals surface area contributed by atoms with Crippen LogP contribution in [0.5, 0.6) is 0 Å². The van der Waals surface area contributed by atoms with E-state index in [-0.39, 0.29) is 28.8 Å². The van der Waals surface area contributed by atoms with E-state index >= 15 is 0 Å². The molecule has 0 heterocycles. The highest BCUT2D eigenvalue weighted by molar-refractivity contribution is 5.90. The fourth-order valence-corrected chi connectivity index (χ4v) is 9.44. The van der Waals surface area contributed by atoms with Crippen LogP contribution >= 0.6 is 0 Å². The number of carbonyl (C=O) groups excluding carboxylic acids is 3. The Balaban J connectivity index is 1.40. The summed E-state index contributed by atoms with van der Waals surface area (Å²) in [6.45, 7) is 10.5. The quantitative estimate of drug-likeness (QED) is 0.363. The topological polar surface area (TPSA) is 136 Å². The number of fused-ring (bicyclic) bond motifs is 5. The van der Waals surface area contributed by atoms with E-state index in [1.54, 1.807) is 6.92 Å². The van der Waals surface area contributed by atoms with Gasteiger partial charge in [0.1, 0.15) is 17.9 Å². The Labute approximate surface area is 233 Å². The highest BCUT2D eigenvalue weighted by Gasteiger charge is 2.61. The molecule has 11 atom stereocenters. The normalized spacial score (nSPS) is 39.7. The van der Waals surface area contributed by atoms with E-state index in [0.717, 1.165) is 38.5 Å². The van der Waals surface area contributed by atoms with E-state index in [4.69, 9.17) is 15.6 Å². The van der Waals surface area contributed by atoms with E-state index in [2.05, 4.69) is 19.2 Å². The molecule has 0 saturated heterocycles. The van der Waals surface area contributed by atoms with Crippen LogP contribution in [0.3, 0.4) is 0 Å². The average Bonchev–Trinajstić information content (AvgIpc) is 3.24. The molecule has 4 fully saturated rings. The number of carbonyl (C=O) groups is 4. The molecule has 220 valence electrons. The Morgan fingerprint density at radius 3 is 2.31 bits per heavy atom. The fraction of sp³-hybridized carbons (Fsp3) is 0.871. The number of rotatable bonds is 9. The average molecular weight is 547 g/mol. The summed E-state index contributed by atoms with van der Waals surface area (Å²) in [5.41, 5.74) is 6.12. The molecule has 4 rings (SSSR count). The molecule has 0 spiro atoms. The van der Waals surface area contributed by atoms with Crippen molar-refractivity contribution >= 4 is 23.6 Å². The van der Waals surface area contributed by atoms with Crippen molar-refractivity contribution in [3.05, 3.63) is 0 Å². The molecule has 4 N–H and O–H groups in total. The van der Waals surface area contributed by atoms with Crippen LogP contribution in [0.15, 0.2) is 0 Å². The lowest BCUT2D eigenvalue weighted by molar-refractivity contribution is -0.167. The third kappa shape index (κ3) is 5.64. The molecule has 0 bridgehead atoms. The number of ketones is 1. The molecule has 0 aromatic carbocycles. The summed E-state index contributed by atoms with van der Waals surface area (Å²) in [4.78, 5) is 49.2. The number of Topliss-reactive ketones (excluding diaryl/α,β-unsaturated/α-hetero) is 1. The number of nitrogens with two attached hydrogens (primary N) is 1. The third-order valence-electron chi connectivity index (χ3n) is 11.9. The Kier molecular flexibility index (Phi) is 8.85. The molecule has 1 amide bonds. The van der Waals surface area contributed by atoms with Gasteiger partial charge in [-0.2, -0.15) is 0 Å². The molecule has 8 nitrogen and oxygen atoms in total. The zero-order valence-corrected chi connectivity index (χ0v) is 24.5. The number of nitrogens with one attached hydrogen (secondary N) is 1. The van der Waals surface area contributed by atoms with E-state index in [1.807, 2.05) is 13.8 Å². The number of amides is 1. The van der Waals surface area contributed by atoms with Crippen LogP contribution in [0.25, 0.3) is 0 Å². The highest BCUT2D eigenvalue weighted by atomic mass is 16.5. The monoisotopic (exact) mass is 546 g/mol. The van der Waals surface area contributed by atoms with Gasteiger partial charge in [0.05, 0.1) is 12.5 Å². The standard InChI is InChI=1S/C31H50N2O6/c1-6-17(2)27(33-28(37)25(32)16-26(35)36)29(38)39-20-11-13-30(4)19(15-20)7-8-21-23-10-9-22(18(3)34)31(23,5)14-12-24(21)30/h17,19-25,27H,6-16,32H2,1-5H3,(H,33,37)(H,35,36)/t17?,19-,20+,21-,22+,23-,24-,25-,27-,30-,31+/m0/s1. The van der Waals surface area contributed by atoms with Gasteiger partial charge in [0.25, 0.3) is 0 Å². The highest BCUT2D eigenvalue weighted by Crippen LogP contribution is 2.67. The van der Waals surface area contributed by atoms with Crippen LogP contribution in [0.2, 0.25) is 0 Å². The summed E-state index contributed by atoms with van der Waals surface area (Å²) in [7, 11) is 0. The summed E-state index contributed by atoms with van der Waals surface area (Å²) in [5.74, 6) is 0.686. The number of hydrogen-bond acceptors (Lipinski definition) is 6. The Morgan fingerprint density at radius 1 is 1.00 bits per heavy atom. The van der Waals surface area contributed by atoms with Gasteiger partial charge in [0.2, 0.25) is 5.91 Å². The van der Waals surface area contributed by atoms with Gasteiger partial charge >= 0.3 is 11.9 Å². The van der Waals surface area contributed by atoms with Crippen molar-refractivity contribution in [2.75, 3.05) is 0 Å². The molecule has 4 aliphatic carbocycles. The number of esters is 1. The molecule has 0 aromatic rings. The minimum Gasteiger partial charge on any atom is -0.481 e. The number of aliphatic carboxylic acids is 1. The number of ether oxygens (including phenoxy) is 1. The molecule has 4 saturated carbocycles. The lowest BCUT2D eigenvalue weighted by Crippen LogP contribution is -2.55. The van der Waals surface area contributed by atoms with E-state index < -0.39 is 36.4 Å². The van der Waals surface area contributed by atoms with Crippen LogP contribution < -0.4 is 11.1 Å². The first kappa shape index (κ1) is 30.0. The van der Waals surface area contributed by atoms with Crippen LogP contribution in [0, 0.1) is 46.3 Å². The SMILES string of the molecule is CCC(C)[C@H](NC(=O)[C@@H](N)CC(=O)O)C(=O)O[C@@H]1CC[C@@]2(C)[C@@H](CC[C@@H]3[C@@H]2CC[C@]2(C)[C@@H](C(C)=O)CC[C@@H]32)C1. The zero-order chi connectivity index (χ0) is 28.7. The molecule has 8 heteroatoms. The van der Waals surface area contributed by atoms with Gasteiger partial charge in [-0.3, -0.25) is 14.4 Å². The van der Waals surface area contributed by atoms with Crippen molar-refractivity contribution in [3.8, 4) is 0 Å². The first-order valence-corrected chi connectivity index (χ1v) is 15.3. The number of carboxylic acids is 1. The van der Waals surface area contributed by atoms with Gasteiger partial charge in [0, 0.05) is 5.92 Å². The Morgan fingerprint density at radius 2 is 1.67 bits per heavy atom. The molecular formula is C31H50N2O6. The Bertz CT molecular complexity index is 969. The molecule has 4 aliphatic rings. The van der Waals surface area contributed by atoms with Gasteiger partial charge in [0.15, 0.2) is 0 Å². The van der Waals surface area contributed by atoms with Crippen LogP contribution in [-0.2, 0) is 23.9 Å². The van der Waals surface area contributed by atoms with Crippen molar-refractivity contribution in [1.82, 2.24) is 5.32 Å². The first-order chi connectivity index (χ1) is 18.3. The molecule has 0 aliphatic heterocycles. The maximum absolute atomic E-state index is 13.3. The molecule has 1 unspecified atom stereocenters. The zero-order valence-electron chi connectivity index (χ0n) is 24.5. The summed E-state index contributed by atoms with van der Waals surface area (Å²) in [6.07, 6.45) is 9.59. The summed E-state index contributed by atoms with van der Waals surface area (Å²) < 4.78 is 6.05. The van der Waals surface area contributed by atoms with Crippen molar-refractivity contribution < 1.29 is 29.0 Å². The van der Waals surface area contributed by atoms with Crippen molar-refractivity contribution in [3.63, 3.8) is 0 Å². The first-order valence-electron chi connectivity index (χ1n) is 15.3. The summed E-state index contributed by atoms with van der Waals surface area (Å²) in [6, 6.07) is -2.06.